The van der Waals surface area contributed by atoms with Gasteiger partial charge in [-0.25, -0.2) is 4.39 Å². The number of rotatable bonds is 6. The molecular weight excluding hydrogens is 251 g/mol. The average molecular weight is 278 g/mol. The van der Waals surface area contributed by atoms with Crippen LogP contribution in [0, 0.1) is 11.7 Å². The van der Waals surface area contributed by atoms with Crippen LogP contribution in [-0.2, 0) is 0 Å². The Kier molecular flexibility index (Phi) is 5.55. The van der Waals surface area contributed by atoms with E-state index < -0.39 is 0 Å². The standard InChI is InChI=1S/C17H27FN2/c1-3-16(19)17(14-10-6-7-11-15(14)18)20(2)12-13-8-4-5-9-13/h6-7,10-11,13,16-17H,3-5,8-9,12,19H2,1-2H3. The molecule has 2 atom stereocenters. The van der Waals surface area contributed by atoms with E-state index in [0.29, 0.717) is 0 Å². The third-order valence-corrected chi connectivity index (χ3v) is 4.60. The van der Waals surface area contributed by atoms with Crippen LogP contribution in [0.4, 0.5) is 4.39 Å². The zero-order chi connectivity index (χ0) is 14.5. The molecule has 0 heterocycles. The van der Waals surface area contributed by atoms with Crippen LogP contribution in [0.1, 0.15) is 50.6 Å². The molecule has 0 bridgehead atoms. The highest BCUT2D eigenvalue weighted by Gasteiger charge is 2.28. The Morgan fingerprint density at radius 3 is 2.55 bits per heavy atom. The van der Waals surface area contributed by atoms with E-state index in [1.807, 2.05) is 12.1 Å². The summed E-state index contributed by atoms with van der Waals surface area (Å²) in [6, 6.07) is 7.00. The summed E-state index contributed by atoms with van der Waals surface area (Å²) in [5.41, 5.74) is 7.02. The summed E-state index contributed by atoms with van der Waals surface area (Å²) in [5, 5.41) is 0. The van der Waals surface area contributed by atoms with Crippen molar-refractivity contribution in [3.05, 3.63) is 35.6 Å². The van der Waals surface area contributed by atoms with Gasteiger partial charge in [0.2, 0.25) is 0 Å². The zero-order valence-electron chi connectivity index (χ0n) is 12.7. The van der Waals surface area contributed by atoms with Gasteiger partial charge in [-0.3, -0.25) is 4.90 Å². The molecule has 2 rings (SSSR count). The van der Waals surface area contributed by atoms with Crippen molar-refractivity contribution in [1.82, 2.24) is 4.90 Å². The van der Waals surface area contributed by atoms with Gasteiger partial charge in [0.25, 0.3) is 0 Å². The molecule has 1 aliphatic rings. The van der Waals surface area contributed by atoms with Gasteiger partial charge in [0.15, 0.2) is 0 Å². The van der Waals surface area contributed by atoms with Crippen molar-refractivity contribution >= 4 is 0 Å². The van der Waals surface area contributed by atoms with Crippen molar-refractivity contribution < 1.29 is 4.39 Å². The van der Waals surface area contributed by atoms with Crippen LogP contribution in [0.2, 0.25) is 0 Å². The lowest BCUT2D eigenvalue weighted by atomic mass is 9.95. The van der Waals surface area contributed by atoms with Gasteiger partial charge in [-0.15, -0.1) is 0 Å². The van der Waals surface area contributed by atoms with Crippen molar-refractivity contribution in [2.75, 3.05) is 13.6 Å². The van der Waals surface area contributed by atoms with E-state index in [0.717, 1.165) is 24.4 Å². The smallest absolute Gasteiger partial charge is 0.128 e. The molecule has 0 amide bonds. The van der Waals surface area contributed by atoms with Crippen molar-refractivity contribution in [3.63, 3.8) is 0 Å². The normalized spacial score (nSPS) is 19.4. The second-order valence-corrected chi connectivity index (χ2v) is 6.13. The van der Waals surface area contributed by atoms with Crippen molar-refractivity contribution in [2.45, 2.75) is 51.1 Å². The largest absolute Gasteiger partial charge is 0.326 e. The maximum Gasteiger partial charge on any atom is 0.128 e. The van der Waals surface area contributed by atoms with E-state index >= 15 is 0 Å². The molecule has 0 aromatic heterocycles. The fraction of sp³-hybridized carbons (Fsp3) is 0.647. The Bertz CT molecular complexity index is 415. The highest BCUT2D eigenvalue weighted by atomic mass is 19.1. The third kappa shape index (κ3) is 3.58. The van der Waals surface area contributed by atoms with Gasteiger partial charge in [0.1, 0.15) is 5.82 Å². The predicted molar refractivity (Wildman–Crippen MR) is 82.0 cm³/mol. The maximum absolute atomic E-state index is 14.1. The summed E-state index contributed by atoms with van der Waals surface area (Å²) in [6.07, 6.45) is 6.13. The highest BCUT2D eigenvalue weighted by molar-refractivity contribution is 5.23. The summed E-state index contributed by atoms with van der Waals surface area (Å²) in [6.45, 7) is 3.09. The minimum atomic E-state index is -0.139. The first-order valence-electron chi connectivity index (χ1n) is 7.83. The first-order chi connectivity index (χ1) is 9.63. The fourth-order valence-corrected chi connectivity index (χ4v) is 3.45. The van der Waals surface area contributed by atoms with Crippen molar-refractivity contribution in [1.29, 1.82) is 0 Å². The number of hydrogen-bond donors (Lipinski definition) is 1. The van der Waals surface area contributed by atoms with Gasteiger partial charge in [0.05, 0.1) is 6.04 Å². The van der Waals surface area contributed by atoms with E-state index in [2.05, 4.69) is 18.9 Å². The molecule has 0 aliphatic heterocycles. The molecule has 1 saturated carbocycles. The maximum atomic E-state index is 14.1. The van der Waals surface area contributed by atoms with Crippen LogP contribution >= 0.6 is 0 Å². The quantitative estimate of drug-likeness (QED) is 0.859. The van der Waals surface area contributed by atoms with E-state index in [9.17, 15) is 4.39 Å². The van der Waals surface area contributed by atoms with Crippen LogP contribution in [0.25, 0.3) is 0 Å². The number of halogens is 1. The predicted octanol–water partition coefficient (Wildman–Crippen LogP) is 3.73. The van der Waals surface area contributed by atoms with E-state index in [-0.39, 0.29) is 17.9 Å². The second-order valence-electron chi connectivity index (χ2n) is 6.13. The van der Waals surface area contributed by atoms with Crippen molar-refractivity contribution in [3.8, 4) is 0 Å². The summed E-state index contributed by atoms with van der Waals surface area (Å²) < 4.78 is 14.1. The van der Waals surface area contributed by atoms with Crippen LogP contribution in [0.5, 0.6) is 0 Å². The molecule has 0 radical (unpaired) electrons. The van der Waals surface area contributed by atoms with Gasteiger partial charge in [-0.05, 0) is 38.3 Å². The second kappa shape index (κ2) is 7.19. The molecule has 1 aromatic carbocycles. The fourth-order valence-electron chi connectivity index (χ4n) is 3.45. The van der Waals surface area contributed by atoms with E-state index in [1.54, 1.807) is 6.07 Å². The molecule has 20 heavy (non-hydrogen) atoms. The van der Waals surface area contributed by atoms with Gasteiger partial charge in [-0.1, -0.05) is 38.0 Å². The topological polar surface area (TPSA) is 29.3 Å². The lowest BCUT2D eigenvalue weighted by Crippen LogP contribution is -2.41. The number of likely N-dealkylation sites (N-methyl/N-ethyl adjacent to an activating group) is 1. The van der Waals surface area contributed by atoms with Gasteiger partial charge in [0, 0.05) is 18.2 Å². The SMILES string of the molecule is CCC(N)C(c1ccccc1F)N(C)CC1CCCC1. The molecule has 2 N–H and O–H groups in total. The van der Waals surface area contributed by atoms with Crippen LogP contribution in [0.3, 0.4) is 0 Å². The Balaban J connectivity index is 2.16. The van der Waals surface area contributed by atoms with Crippen LogP contribution < -0.4 is 5.73 Å². The van der Waals surface area contributed by atoms with Gasteiger partial charge in [-0.2, -0.15) is 0 Å². The lowest BCUT2D eigenvalue weighted by Gasteiger charge is -2.34. The van der Waals surface area contributed by atoms with Gasteiger partial charge < -0.3 is 5.73 Å². The summed E-state index contributed by atoms with van der Waals surface area (Å²) in [4.78, 5) is 2.27. The molecule has 1 aromatic rings. The number of benzene rings is 1. The molecular formula is C17H27FN2. The minimum Gasteiger partial charge on any atom is -0.326 e. The molecule has 1 aliphatic carbocycles. The minimum absolute atomic E-state index is 0.0261. The Morgan fingerprint density at radius 1 is 1.30 bits per heavy atom. The zero-order valence-corrected chi connectivity index (χ0v) is 12.7. The Hall–Kier alpha value is -0.930. The molecule has 1 fully saturated rings. The third-order valence-electron chi connectivity index (χ3n) is 4.60. The first kappa shape index (κ1) is 15.5. The lowest BCUT2D eigenvalue weighted by molar-refractivity contribution is 0.177. The van der Waals surface area contributed by atoms with Crippen LogP contribution in [-0.4, -0.2) is 24.5 Å². The van der Waals surface area contributed by atoms with Gasteiger partial charge >= 0.3 is 0 Å². The summed E-state index contributed by atoms with van der Waals surface area (Å²) in [7, 11) is 2.09. The summed E-state index contributed by atoms with van der Waals surface area (Å²) in [5.74, 6) is 0.609. The highest BCUT2D eigenvalue weighted by Crippen LogP contribution is 2.31. The number of hydrogen-bond acceptors (Lipinski definition) is 2. The number of nitrogens with two attached hydrogens (primary N) is 1. The molecule has 2 nitrogen and oxygen atoms in total. The van der Waals surface area contributed by atoms with Crippen molar-refractivity contribution in [2.24, 2.45) is 11.7 Å². The van der Waals surface area contributed by atoms with E-state index in [1.165, 1.54) is 31.7 Å². The molecule has 0 spiro atoms. The summed E-state index contributed by atoms with van der Waals surface area (Å²) >= 11 is 0. The molecule has 3 heteroatoms. The molecule has 112 valence electrons. The molecule has 2 unspecified atom stereocenters. The van der Waals surface area contributed by atoms with E-state index in [4.69, 9.17) is 5.73 Å². The first-order valence-corrected chi connectivity index (χ1v) is 7.83. The van der Waals surface area contributed by atoms with Crippen LogP contribution in [0.15, 0.2) is 24.3 Å². The average Bonchev–Trinajstić information content (AvgIpc) is 2.93. The monoisotopic (exact) mass is 278 g/mol. The number of nitrogens with zero attached hydrogens (tertiary/aromatic N) is 1. The Labute approximate surface area is 122 Å². The molecule has 0 saturated heterocycles. The Morgan fingerprint density at radius 2 is 1.95 bits per heavy atom.